The lowest BCUT2D eigenvalue weighted by Gasteiger charge is -2.15. The molecule has 0 spiro atoms. The van der Waals surface area contributed by atoms with Crippen molar-refractivity contribution in [3.63, 3.8) is 0 Å². The maximum atomic E-state index is 12.9. The van der Waals surface area contributed by atoms with Gasteiger partial charge in [0.1, 0.15) is 4.83 Å². The molecule has 1 aliphatic carbocycles. The Labute approximate surface area is 172 Å². The van der Waals surface area contributed by atoms with Gasteiger partial charge in [-0.25, -0.2) is 4.98 Å². The molecule has 2 aromatic heterocycles. The van der Waals surface area contributed by atoms with Gasteiger partial charge in [-0.3, -0.25) is 14.2 Å². The highest BCUT2D eigenvalue weighted by atomic mass is 35.5. The number of aryl methyl sites for hydroxylation is 3. The maximum Gasteiger partial charge on any atom is 0.262 e. The van der Waals surface area contributed by atoms with Crippen molar-refractivity contribution in [1.82, 2.24) is 14.9 Å². The molecular formula is C21H22ClN3O2S. The standard InChI is InChI=1S/C21H22ClN3O2S/c1-13(14-6-8-15(22)9-7-14)24-18(26)10-11-25-12-23-20-19(21(25)27)16-4-2-3-5-17(16)28-20/h6-9,12-13H,2-5,10-11H2,1H3,(H,24,26). The van der Waals surface area contributed by atoms with Crippen molar-refractivity contribution in [3.8, 4) is 0 Å². The molecule has 0 bridgehead atoms. The van der Waals surface area contributed by atoms with Crippen molar-refractivity contribution in [2.75, 3.05) is 0 Å². The first-order valence-electron chi connectivity index (χ1n) is 9.57. The number of hydrogen-bond donors (Lipinski definition) is 1. The first kappa shape index (κ1) is 19.2. The van der Waals surface area contributed by atoms with Crippen molar-refractivity contribution in [1.29, 1.82) is 0 Å². The number of amides is 1. The molecule has 1 aliphatic rings. The van der Waals surface area contributed by atoms with Crippen LogP contribution in [0.2, 0.25) is 5.02 Å². The molecule has 3 aromatic rings. The van der Waals surface area contributed by atoms with Crippen LogP contribution in [0.4, 0.5) is 0 Å². The molecule has 7 heteroatoms. The number of benzene rings is 1. The van der Waals surface area contributed by atoms with Crippen LogP contribution in [0, 0.1) is 0 Å². The van der Waals surface area contributed by atoms with Gasteiger partial charge in [0.05, 0.1) is 17.8 Å². The summed E-state index contributed by atoms with van der Waals surface area (Å²) in [4.78, 5) is 31.9. The van der Waals surface area contributed by atoms with Crippen molar-refractivity contribution in [2.45, 2.75) is 51.6 Å². The Hall–Kier alpha value is -2.18. The summed E-state index contributed by atoms with van der Waals surface area (Å²) in [5, 5.41) is 4.40. The Bertz CT molecular complexity index is 1070. The van der Waals surface area contributed by atoms with Crippen molar-refractivity contribution in [2.24, 2.45) is 0 Å². The van der Waals surface area contributed by atoms with E-state index in [1.165, 1.54) is 16.9 Å². The van der Waals surface area contributed by atoms with Crippen LogP contribution in [0.3, 0.4) is 0 Å². The van der Waals surface area contributed by atoms with E-state index >= 15 is 0 Å². The molecule has 2 heterocycles. The van der Waals surface area contributed by atoms with Crippen LogP contribution in [0.15, 0.2) is 35.4 Å². The fraction of sp³-hybridized carbons (Fsp3) is 0.381. The third-order valence-corrected chi connectivity index (χ3v) is 6.72. The average molecular weight is 416 g/mol. The van der Waals surface area contributed by atoms with Gasteiger partial charge in [0.2, 0.25) is 5.91 Å². The van der Waals surface area contributed by atoms with E-state index in [1.807, 2.05) is 31.2 Å². The summed E-state index contributed by atoms with van der Waals surface area (Å²) in [6.45, 7) is 2.25. The summed E-state index contributed by atoms with van der Waals surface area (Å²) in [5.74, 6) is -0.0956. The Balaban J connectivity index is 1.45. The van der Waals surface area contributed by atoms with Crippen LogP contribution in [0.5, 0.6) is 0 Å². The molecule has 0 aliphatic heterocycles. The topological polar surface area (TPSA) is 64.0 Å². The molecule has 1 aromatic carbocycles. The predicted octanol–water partition coefficient (Wildman–Crippen LogP) is 4.26. The van der Waals surface area contributed by atoms with Gasteiger partial charge in [-0.1, -0.05) is 23.7 Å². The summed E-state index contributed by atoms with van der Waals surface area (Å²) < 4.78 is 1.57. The minimum Gasteiger partial charge on any atom is -0.350 e. The summed E-state index contributed by atoms with van der Waals surface area (Å²) in [6.07, 6.45) is 6.11. The molecule has 28 heavy (non-hydrogen) atoms. The number of aromatic nitrogens is 2. The van der Waals surface area contributed by atoms with Crippen LogP contribution in [-0.2, 0) is 24.2 Å². The number of hydrogen-bond acceptors (Lipinski definition) is 4. The summed E-state index contributed by atoms with van der Waals surface area (Å²) in [6, 6.07) is 7.29. The van der Waals surface area contributed by atoms with Crippen LogP contribution in [0.25, 0.3) is 10.2 Å². The predicted molar refractivity (Wildman–Crippen MR) is 113 cm³/mol. The van der Waals surface area contributed by atoms with E-state index in [0.717, 1.165) is 35.0 Å². The van der Waals surface area contributed by atoms with Gasteiger partial charge < -0.3 is 5.32 Å². The summed E-state index contributed by atoms with van der Waals surface area (Å²) in [5.41, 5.74) is 2.14. The zero-order chi connectivity index (χ0) is 19.7. The number of thiophene rings is 1. The molecule has 1 amide bonds. The summed E-state index contributed by atoms with van der Waals surface area (Å²) in [7, 11) is 0. The number of carbonyl (C=O) groups is 1. The SMILES string of the molecule is CC(NC(=O)CCn1cnc2sc3c(c2c1=O)CCCC3)c1ccc(Cl)cc1. The molecule has 1 N–H and O–H groups in total. The molecule has 0 radical (unpaired) electrons. The molecular weight excluding hydrogens is 394 g/mol. The van der Waals surface area contributed by atoms with E-state index in [1.54, 1.807) is 22.2 Å². The molecule has 146 valence electrons. The van der Waals surface area contributed by atoms with Crippen LogP contribution in [0.1, 0.15) is 48.2 Å². The number of nitrogens with one attached hydrogen (secondary N) is 1. The Kier molecular flexibility index (Phi) is 5.51. The van der Waals surface area contributed by atoms with Gasteiger partial charge in [0.25, 0.3) is 5.56 Å². The third-order valence-electron chi connectivity index (χ3n) is 5.27. The molecule has 0 saturated heterocycles. The minimum absolute atomic E-state index is 0.0250. The van der Waals surface area contributed by atoms with Crippen molar-refractivity contribution in [3.05, 3.63) is 62.0 Å². The lowest BCUT2D eigenvalue weighted by Crippen LogP contribution is -2.29. The van der Waals surface area contributed by atoms with E-state index in [4.69, 9.17) is 11.6 Å². The lowest BCUT2D eigenvalue weighted by atomic mass is 9.97. The van der Waals surface area contributed by atoms with E-state index in [-0.39, 0.29) is 23.9 Å². The highest BCUT2D eigenvalue weighted by Crippen LogP contribution is 2.33. The first-order valence-corrected chi connectivity index (χ1v) is 10.8. The van der Waals surface area contributed by atoms with E-state index < -0.39 is 0 Å². The van der Waals surface area contributed by atoms with Crippen molar-refractivity contribution >= 4 is 39.1 Å². The summed E-state index contributed by atoms with van der Waals surface area (Å²) >= 11 is 7.55. The molecule has 5 nitrogen and oxygen atoms in total. The smallest absolute Gasteiger partial charge is 0.262 e. The Morgan fingerprint density at radius 3 is 2.82 bits per heavy atom. The largest absolute Gasteiger partial charge is 0.350 e. The molecule has 4 rings (SSSR count). The normalized spacial score (nSPS) is 14.6. The number of halogens is 1. The van der Waals surface area contributed by atoms with Crippen molar-refractivity contribution < 1.29 is 4.79 Å². The second-order valence-electron chi connectivity index (χ2n) is 7.22. The number of carbonyl (C=O) groups excluding carboxylic acids is 1. The van der Waals surface area contributed by atoms with E-state index in [0.29, 0.717) is 11.6 Å². The van der Waals surface area contributed by atoms with Gasteiger partial charge in [-0.05, 0) is 55.9 Å². The zero-order valence-corrected chi connectivity index (χ0v) is 17.3. The quantitative estimate of drug-likeness (QED) is 0.677. The minimum atomic E-state index is -0.119. The monoisotopic (exact) mass is 415 g/mol. The maximum absolute atomic E-state index is 12.9. The molecule has 1 atom stereocenters. The fourth-order valence-electron chi connectivity index (χ4n) is 3.71. The second-order valence-corrected chi connectivity index (χ2v) is 8.74. The van der Waals surface area contributed by atoms with Gasteiger partial charge in [-0.2, -0.15) is 0 Å². The van der Waals surface area contributed by atoms with E-state index in [2.05, 4.69) is 10.3 Å². The fourth-order valence-corrected chi connectivity index (χ4v) is 5.06. The van der Waals surface area contributed by atoms with Gasteiger partial charge in [0.15, 0.2) is 0 Å². The van der Waals surface area contributed by atoms with E-state index in [9.17, 15) is 9.59 Å². The van der Waals surface area contributed by atoms with Crippen LogP contribution >= 0.6 is 22.9 Å². The van der Waals surface area contributed by atoms with Crippen LogP contribution in [-0.4, -0.2) is 15.5 Å². The van der Waals surface area contributed by atoms with Gasteiger partial charge in [-0.15, -0.1) is 11.3 Å². The zero-order valence-electron chi connectivity index (χ0n) is 15.7. The van der Waals surface area contributed by atoms with Gasteiger partial charge >= 0.3 is 0 Å². The number of fused-ring (bicyclic) bond motifs is 3. The molecule has 1 unspecified atom stereocenters. The molecule has 0 fully saturated rings. The average Bonchev–Trinajstić information content (AvgIpc) is 3.07. The highest BCUT2D eigenvalue weighted by Gasteiger charge is 2.20. The lowest BCUT2D eigenvalue weighted by molar-refractivity contribution is -0.121. The molecule has 0 saturated carbocycles. The van der Waals surface area contributed by atoms with Crippen LogP contribution < -0.4 is 10.9 Å². The first-order chi connectivity index (χ1) is 13.5. The third kappa shape index (κ3) is 3.84. The number of nitrogens with zero attached hydrogens (tertiary/aromatic N) is 2. The van der Waals surface area contributed by atoms with Gasteiger partial charge in [0, 0.05) is 22.9 Å². The Morgan fingerprint density at radius 1 is 1.29 bits per heavy atom. The second kappa shape index (κ2) is 8.05. The Morgan fingerprint density at radius 2 is 2.04 bits per heavy atom. The highest BCUT2D eigenvalue weighted by molar-refractivity contribution is 7.18. The number of rotatable bonds is 5.